The van der Waals surface area contributed by atoms with E-state index in [-0.39, 0.29) is 6.04 Å². The second kappa shape index (κ2) is 8.30. The molecule has 1 heterocycles. The summed E-state index contributed by atoms with van der Waals surface area (Å²) in [6.45, 7) is 6.89. The van der Waals surface area contributed by atoms with E-state index in [4.69, 9.17) is 5.73 Å². The molecule has 118 valence electrons. The summed E-state index contributed by atoms with van der Waals surface area (Å²) in [4.78, 5) is 2.63. The first kappa shape index (κ1) is 17.0. The molecule has 1 aromatic rings. The van der Waals surface area contributed by atoms with Crippen LogP contribution in [0.25, 0.3) is 0 Å². The van der Waals surface area contributed by atoms with E-state index in [1.54, 1.807) is 0 Å². The fourth-order valence-electron chi connectivity index (χ4n) is 3.49. The Bertz CT molecular complexity index is 418. The van der Waals surface area contributed by atoms with Crippen molar-refractivity contribution in [3.8, 4) is 0 Å². The molecule has 1 aromatic carbocycles. The van der Waals surface area contributed by atoms with Gasteiger partial charge in [0.05, 0.1) is 0 Å². The lowest BCUT2D eigenvalue weighted by Gasteiger charge is -2.35. The van der Waals surface area contributed by atoms with Gasteiger partial charge < -0.3 is 5.73 Å². The second-order valence-corrected chi connectivity index (χ2v) is 7.23. The standard InChI is InChI=1S/C18H29BrN2/c1-3-14-6-5-12-21(13-11-14)18(17(20)4-2)15-7-9-16(19)10-8-15/h7-10,14,17-18H,3-6,11-13,20H2,1-2H3. The Kier molecular flexibility index (Phi) is 6.72. The molecule has 0 amide bonds. The molecule has 1 aliphatic rings. The minimum atomic E-state index is 0.212. The number of nitrogens with zero attached hydrogens (tertiary/aromatic N) is 1. The topological polar surface area (TPSA) is 29.3 Å². The Hall–Kier alpha value is -0.380. The van der Waals surface area contributed by atoms with Crippen LogP contribution in [0.5, 0.6) is 0 Å². The molecule has 0 radical (unpaired) electrons. The zero-order valence-electron chi connectivity index (χ0n) is 13.4. The molecule has 3 heteroatoms. The van der Waals surface area contributed by atoms with Crippen molar-refractivity contribution in [3.05, 3.63) is 34.3 Å². The van der Waals surface area contributed by atoms with E-state index in [0.717, 1.165) is 16.8 Å². The van der Waals surface area contributed by atoms with Crippen LogP contribution in [-0.2, 0) is 0 Å². The van der Waals surface area contributed by atoms with Crippen LogP contribution in [0.15, 0.2) is 28.7 Å². The van der Waals surface area contributed by atoms with Crippen molar-refractivity contribution in [1.29, 1.82) is 0 Å². The van der Waals surface area contributed by atoms with E-state index in [9.17, 15) is 0 Å². The summed E-state index contributed by atoms with van der Waals surface area (Å²) < 4.78 is 1.14. The van der Waals surface area contributed by atoms with Crippen molar-refractivity contribution in [1.82, 2.24) is 4.90 Å². The molecule has 21 heavy (non-hydrogen) atoms. The van der Waals surface area contributed by atoms with Crippen LogP contribution in [-0.4, -0.2) is 24.0 Å². The molecule has 0 saturated carbocycles. The minimum Gasteiger partial charge on any atom is -0.326 e. The van der Waals surface area contributed by atoms with Gasteiger partial charge in [0.2, 0.25) is 0 Å². The monoisotopic (exact) mass is 352 g/mol. The van der Waals surface area contributed by atoms with E-state index in [1.807, 2.05) is 0 Å². The van der Waals surface area contributed by atoms with Gasteiger partial charge >= 0.3 is 0 Å². The molecule has 3 atom stereocenters. The van der Waals surface area contributed by atoms with Gasteiger partial charge in [-0.15, -0.1) is 0 Å². The van der Waals surface area contributed by atoms with Crippen molar-refractivity contribution < 1.29 is 0 Å². The number of nitrogens with two attached hydrogens (primary N) is 1. The third-order valence-corrected chi connectivity index (χ3v) is 5.47. The second-order valence-electron chi connectivity index (χ2n) is 6.31. The van der Waals surface area contributed by atoms with Gasteiger partial charge in [-0.05, 0) is 62.4 Å². The van der Waals surface area contributed by atoms with E-state index in [1.165, 1.54) is 44.3 Å². The number of halogens is 1. The van der Waals surface area contributed by atoms with Gasteiger partial charge in [-0.25, -0.2) is 0 Å². The minimum absolute atomic E-state index is 0.212. The highest BCUT2D eigenvalue weighted by Crippen LogP contribution is 2.30. The normalized spacial score (nSPS) is 23.5. The molecule has 0 aromatic heterocycles. The summed E-state index contributed by atoms with van der Waals surface area (Å²) in [5.41, 5.74) is 7.85. The summed E-state index contributed by atoms with van der Waals surface area (Å²) in [5, 5.41) is 0. The van der Waals surface area contributed by atoms with Crippen molar-refractivity contribution >= 4 is 15.9 Å². The molecule has 1 saturated heterocycles. The van der Waals surface area contributed by atoms with Gasteiger partial charge in [-0.2, -0.15) is 0 Å². The number of likely N-dealkylation sites (tertiary alicyclic amines) is 1. The number of hydrogen-bond acceptors (Lipinski definition) is 2. The highest BCUT2D eigenvalue weighted by atomic mass is 79.9. The van der Waals surface area contributed by atoms with Crippen LogP contribution >= 0.6 is 15.9 Å². The lowest BCUT2D eigenvalue weighted by molar-refractivity contribution is 0.173. The zero-order chi connectivity index (χ0) is 15.2. The molecule has 3 unspecified atom stereocenters. The average Bonchev–Trinajstić information content (AvgIpc) is 2.75. The Morgan fingerprint density at radius 2 is 1.90 bits per heavy atom. The maximum atomic E-state index is 6.48. The lowest BCUT2D eigenvalue weighted by Crippen LogP contribution is -2.41. The fourth-order valence-corrected chi connectivity index (χ4v) is 3.75. The van der Waals surface area contributed by atoms with Crippen LogP contribution in [0, 0.1) is 5.92 Å². The highest BCUT2D eigenvalue weighted by molar-refractivity contribution is 9.10. The summed E-state index contributed by atoms with van der Waals surface area (Å²) >= 11 is 3.53. The third kappa shape index (κ3) is 4.54. The van der Waals surface area contributed by atoms with Crippen LogP contribution in [0.1, 0.15) is 57.6 Å². The van der Waals surface area contributed by atoms with Crippen LogP contribution in [0.4, 0.5) is 0 Å². The number of hydrogen-bond donors (Lipinski definition) is 1. The first-order valence-electron chi connectivity index (χ1n) is 8.40. The summed E-state index contributed by atoms with van der Waals surface area (Å²) in [6.07, 6.45) is 6.34. The first-order chi connectivity index (χ1) is 10.2. The summed E-state index contributed by atoms with van der Waals surface area (Å²) in [6, 6.07) is 9.30. The van der Waals surface area contributed by atoms with Crippen molar-refractivity contribution in [3.63, 3.8) is 0 Å². The molecule has 0 aliphatic carbocycles. The molecule has 1 fully saturated rings. The van der Waals surface area contributed by atoms with Gasteiger partial charge in [0, 0.05) is 16.6 Å². The fraction of sp³-hybridized carbons (Fsp3) is 0.667. The zero-order valence-corrected chi connectivity index (χ0v) is 15.0. The van der Waals surface area contributed by atoms with Gasteiger partial charge in [0.15, 0.2) is 0 Å². The molecule has 2 rings (SSSR count). The van der Waals surface area contributed by atoms with Crippen LogP contribution < -0.4 is 5.73 Å². The van der Waals surface area contributed by atoms with Crippen LogP contribution in [0.3, 0.4) is 0 Å². The van der Waals surface area contributed by atoms with Crippen molar-refractivity contribution in [2.75, 3.05) is 13.1 Å². The van der Waals surface area contributed by atoms with E-state index in [2.05, 4.69) is 58.9 Å². The summed E-state index contributed by atoms with van der Waals surface area (Å²) in [5.74, 6) is 0.901. The molecule has 1 aliphatic heterocycles. The van der Waals surface area contributed by atoms with Gasteiger partial charge in [-0.3, -0.25) is 4.90 Å². The molecular formula is C18H29BrN2. The smallest absolute Gasteiger partial charge is 0.0499 e. The third-order valence-electron chi connectivity index (χ3n) is 4.94. The molecule has 0 spiro atoms. The van der Waals surface area contributed by atoms with Crippen LogP contribution in [0.2, 0.25) is 0 Å². The average molecular weight is 353 g/mol. The molecule has 2 N–H and O–H groups in total. The SMILES string of the molecule is CCC1CCCN(C(c2ccc(Br)cc2)C(N)CC)CC1. The molecule has 0 bridgehead atoms. The van der Waals surface area contributed by atoms with Gasteiger partial charge in [0.1, 0.15) is 0 Å². The van der Waals surface area contributed by atoms with Gasteiger partial charge in [-0.1, -0.05) is 48.3 Å². The van der Waals surface area contributed by atoms with E-state index >= 15 is 0 Å². The Labute approximate surface area is 138 Å². The largest absolute Gasteiger partial charge is 0.326 e. The number of rotatable bonds is 5. The maximum Gasteiger partial charge on any atom is 0.0499 e. The highest BCUT2D eigenvalue weighted by Gasteiger charge is 2.27. The first-order valence-corrected chi connectivity index (χ1v) is 9.20. The Balaban J connectivity index is 2.17. The predicted molar refractivity (Wildman–Crippen MR) is 94.4 cm³/mol. The van der Waals surface area contributed by atoms with Crippen molar-refractivity contribution in [2.24, 2.45) is 11.7 Å². The molecule has 2 nitrogen and oxygen atoms in total. The predicted octanol–water partition coefficient (Wildman–Crippen LogP) is 4.74. The lowest BCUT2D eigenvalue weighted by atomic mass is 9.95. The van der Waals surface area contributed by atoms with E-state index in [0.29, 0.717) is 6.04 Å². The Morgan fingerprint density at radius 3 is 2.52 bits per heavy atom. The van der Waals surface area contributed by atoms with Gasteiger partial charge in [0.25, 0.3) is 0 Å². The molecular weight excluding hydrogens is 324 g/mol. The quantitative estimate of drug-likeness (QED) is 0.828. The van der Waals surface area contributed by atoms with Crippen molar-refractivity contribution in [2.45, 2.75) is 58.0 Å². The number of benzene rings is 1. The summed E-state index contributed by atoms with van der Waals surface area (Å²) in [7, 11) is 0. The Morgan fingerprint density at radius 1 is 1.19 bits per heavy atom. The maximum absolute atomic E-state index is 6.48. The van der Waals surface area contributed by atoms with E-state index < -0.39 is 0 Å².